The molecule has 1 heterocycles. The van der Waals surface area contributed by atoms with Crippen LogP contribution in [0.4, 0.5) is 5.69 Å². The monoisotopic (exact) mass is 287 g/mol. The number of carbonyl (C=O) groups is 1. The number of carboxylic acids is 1. The molecule has 0 radical (unpaired) electrons. The Bertz CT molecular complexity index is 728. The van der Waals surface area contributed by atoms with E-state index in [1.165, 1.54) is 0 Å². The van der Waals surface area contributed by atoms with Gasteiger partial charge in [0.1, 0.15) is 11.4 Å². The second-order valence-corrected chi connectivity index (χ2v) is 3.94. The highest BCUT2D eigenvalue weighted by Crippen LogP contribution is 2.28. The van der Waals surface area contributed by atoms with Gasteiger partial charge in [0, 0.05) is 11.6 Å². The number of nitro groups is 1. The van der Waals surface area contributed by atoms with Gasteiger partial charge in [0.25, 0.3) is 5.69 Å². The first-order valence-corrected chi connectivity index (χ1v) is 5.71. The van der Waals surface area contributed by atoms with Crippen LogP contribution in [0.2, 0.25) is 0 Å². The first-order chi connectivity index (χ1) is 10.0. The Labute approximate surface area is 118 Å². The van der Waals surface area contributed by atoms with Crippen molar-refractivity contribution in [2.75, 3.05) is 0 Å². The van der Waals surface area contributed by atoms with E-state index in [4.69, 9.17) is 10.3 Å². The van der Waals surface area contributed by atoms with Gasteiger partial charge in [-0.15, -0.1) is 0 Å². The second kappa shape index (κ2) is 5.78. The fourth-order valence-corrected chi connectivity index (χ4v) is 1.74. The molecule has 0 saturated heterocycles. The van der Waals surface area contributed by atoms with Gasteiger partial charge in [0.05, 0.1) is 4.92 Å². The van der Waals surface area contributed by atoms with Crippen molar-refractivity contribution in [3.8, 4) is 11.3 Å². The van der Waals surface area contributed by atoms with Crippen LogP contribution < -0.4 is 0 Å². The van der Waals surface area contributed by atoms with E-state index in [0.29, 0.717) is 5.56 Å². The zero-order chi connectivity index (χ0) is 15.4. The number of aliphatic carboxylic acids is 1. The van der Waals surface area contributed by atoms with Crippen molar-refractivity contribution in [3.63, 3.8) is 0 Å². The molecule has 0 aliphatic heterocycles. The molecule has 2 rings (SSSR count). The maximum absolute atomic E-state index is 11.0. The van der Waals surface area contributed by atoms with Gasteiger partial charge in [-0.3, -0.25) is 10.1 Å². The SMILES string of the molecule is O=C(O)C(=NO)c1ccc([N+](=O)[O-])c(-c2ccccc2)n1. The van der Waals surface area contributed by atoms with Crippen molar-refractivity contribution in [3.05, 3.63) is 58.3 Å². The largest absolute Gasteiger partial charge is 0.476 e. The Hall–Kier alpha value is -3.29. The molecule has 0 amide bonds. The molecule has 21 heavy (non-hydrogen) atoms. The summed E-state index contributed by atoms with van der Waals surface area (Å²) in [6.45, 7) is 0. The van der Waals surface area contributed by atoms with Gasteiger partial charge in [0.2, 0.25) is 5.71 Å². The summed E-state index contributed by atoms with van der Waals surface area (Å²) in [7, 11) is 0. The van der Waals surface area contributed by atoms with Gasteiger partial charge in [-0.2, -0.15) is 0 Å². The number of oxime groups is 1. The predicted molar refractivity (Wildman–Crippen MR) is 72.3 cm³/mol. The van der Waals surface area contributed by atoms with Crippen LogP contribution in [0.25, 0.3) is 11.3 Å². The summed E-state index contributed by atoms with van der Waals surface area (Å²) in [5.74, 6) is -1.49. The number of rotatable bonds is 4. The van der Waals surface area contributed by atoms with Crippen LogP contribution in [0.5, 0.6) is 0 Å². The van der Waals surface area contributed by atoms with E-state index >= 15 is 0 Å². The minimum absolute atomic E-state index is 0.000463. The number of carboxylic acid groups (broad SMARTS) is 1. The van der Waals surface area contributed by atoms with E-state index in [1.54, 1.807) is 30.3 Å². The number of hydrogen-bond acceptors (Lipinski definition) is 6. The molecular formula is C13H9N3O5. The van der Waals surface area contributed by atoms with Gasteiger partial charge in [0.15, 0.2) is 0 Å². The smallest absolute Gasteiger partial charge is 0.360 e. The third-order valence-electron chi connectivity index (χ3n) is 2.66. The molecule has 8 heteroatoms. The Morgan fingerprint density at radius 3 is 2.38 bits per heavy atom. The van der Waals surface area contributed by atoms with Crippen molar-refractivity contribution in [1.82, 2.24) is 4.98 Å². The van der Waals surface area contributed by atoms with Crippen LogP contribution >= 0.6 is 0 Å². The Balaban J connectivity index is 2.66. The molecule has 0 unspecified atom stereocenters. The number of benzene rings is 1. The molecule has 106 valence electrons. The lowest BCUT2D eigenvalue weighted by molar-refractivity contribution is -0.384. The van der Waals surface area contributed by atoms with Crippen LogP contribution in [0.15, 0.2) is 47.6 Å². The molecule has 0 fully saturated rings. The summed E-state index contributed by atoms with van der Waals surface area (Å²) in [4.78, 5) is 25.3. The lowest BCUT2D eigenvalue weighted by Gasteiger charge is -2.05. The first kappa shape index (κ1) is 14.1. The van der Waals surface area contributed by atoms with Crippen LogP contribution in [0.1, 0.15) is 5.69 Å². The highest BCUT2D eigenvalue weighted by molar-refractivity contribution is 6.41. The summed E-state index contributed by atoms with van der Waals surface area (Å²) in [5.41, 5.74) is -0.682. The zero-order valence-corrected chi connectivity index (χ0v) is 10.5. The number of pyridine rings is 1. The quantitative estimate of drug-likeness (QED) is 0.383. The normalized spacial score (nSPS) is 11.1. The van der Waals surface area contributed by atoms with Crippen LogP contribution in [-0.4, -0.2) is 31.9 Å². The van der Waals surface area contributed by atoms with Crippen molar-refractivity contribution in [2.45, 2.75) is 0 Å². The summed E-state index contributed by atoms with van der Waals surface area (Å²) >= 11 is 0. The van der Waals surface area contributed by atoms with E-state index in [0.717, 1.165) is 12.1 Å². The van der Waals surface area contributed by atoms with E-state index in [-0.39, 0.29) is 17.1 Å². The Morgan fingerprint density at radius 2 is 1.86 bits per heavy atom. The lowest BCUT2D eigenvalue weighted by Crippen LogP contribution is -2.16. The molecular weight excluding hydrogens is 278 g/mol. The minimum atomic E-state index is -1.49. The number of aromatic nitrogens is 1. The minimum Gasteiger partial charge on any atom is -0.476 e. The van der Waals surface area contributed by atoms with Gasteiger partial charge in [-0.05, 0) is 6.07 Å². The second-order valence-electron chi connectivity index (χ2n) is 3.94. The molecule has 0 atom stereocenters. The molecule has 0 saturated carbocycles. The Morgan fingerprint density at radius 1 is 1.19 bits per heavy atom. The van der Waals surface area contributed by atoms with Crippen molar-refractivity contribution in [1.29, 1.82) is 0 Å². The summed E-state index contributed by atoms with van der Waals surface area (Å²) in [5, 5.41) is 31.3. The molecule has 0 spiro atoms. The molecule has 0 bridgehead atoms. The average molecular weight is 287 g/mol. The van der Waals surface area contributed by atoms with E-state index in [9.17, 15) is 14.9 Å². The van der Waals surface area contributed by atoms with E-state index in [2.05, 4.69) is 10.1 Å². The van der Waals surface area contributed by atoms with Gasteiger partial charge >= 0.3 is 5.97 Å². The standard InChI is InChI=1S/C13H9N3O5/c17-13(18)12(15-19)9-6-7-10(16(20)21)11(14-9)8-4-2-1-3-5-8/h1-7,19H,(H,17,18). The highest BCUT2D eigenvalue weighted by atomic mass is 16.6. The summed E-state index contributed by atoms with van der Waals surface area (Å²) in [6, 6.07) is 10.5. The van der Waals surface area contributed by atoms with Crippen molar-refractivity contribution >= 4 is 17.4 Å². The lowest BCUT2D eigenvalue weighted by atomic mass is 10.1. The third kappa shape index (κ3) is 2.84. The van der Waals surface area contributed by atoms with Gasteiger partial charge in [-0.25, -0.2) is 9.78 Å². The van der Waals surface area contributed by atoms with Crippen LogP contribution in [0, 0.1) is 10.1 Å². The summed E-state index contributed by atoms with van der Waals surface area (Å²) < 4.78 is 0. The molecule has 0 aliphatic carbocycles. The van der Waals surface area contributed by atoms with Gasteiger partial charge < -0.3 is 10.3 Å². The van der Waals surface area contributed by atoms with Crippen LogP contribution in [-0.2, 0) is 4.79 Å². The van der Waals surface area contributed by atoms with Crippen LogP contribution in [0.3, 0.4) is 0 Å². The fraction of sp³-hybridized carbons (Fsp3) is 0. The molecule has 0 aliphatic rings. The zero-order valence-electron chi connectivity index (χ0n) is 10.5. The van der Waals surface area contributed by atoms with E-state index in [1.807, 2.05) is 0 Å². The number of nitrogens with zero attached hydrogens (tertiary/aromatic N) is 3. The maximum atomic E-state index is 11.0. The highest BCUT2D eigenvalue weighted by Gasteiger charge is 2.22. The topological polar surface area (TPSA) is 126 Å². The predicted octanol–water partition coefficient (Wildman–Crippen LogP) is 1.92. The molecule has 8 nitrogen and oxygen atoms in total. The Kier molecular flexibility index (Phi) is 3.89. The maximum Gasteiger partial charge on any atom is 0.360 e. The third-order valence-corrected chi connectivity index (χ3v) is 2.66. The number of hydrogen-bond donors (Lipinski definition) is 2. The summed E-state index contributed by atoms with van der Waals surface area (Å²) in [6.07, 6.45) is 0. The molecule has 1 aromatic carbocycles. The fourth-order valence-electron chi connectivity index (χ4n) is 1.74. The average Bonchev–Trinajstić information content (AvgIpc) is 2.48. The molecule has 2 N–H and O–H groups in total. The molecule has 1 aromatic heterocycles. The van der Waals surface area contributed by atoms with Gasteiger partial charge in [-0.1, -0.05) is 35.5 Å². The molecule has 2 aromatic rings. The van der Waals surface area contributed by atoms with E-state index < -0.39 is 16.6 Å². The van der Waals surface area contributed by atoms with Crippen molar-refractivity contribution in [2.24, 2.45) is 5.16 Å². The first-order valence-electron chi connectivity index (χ1n) is 5.71. The van der Waals surface area contributed by atoms with Crippen molar-refractivity contribution < 1.29 is 20.0 Å².